The van der Waals surface area contributed by atoms with E-state index in [0.717, 1.165) is 27.1 Å². The van der Waals surface area contributed by atoms with Crippen molar-refractivity contribution in [2.24, 2.45) is 0 Å². The number of anilines is 1. The predicted molar refractivity (Wildman–Crippen MR) is 122 cm³/mol. The van der Waals surface area contributed by atoms with Crippen LogP contribution in [0, 0.1) is 5.82 Å². The van der Waals surface area contributed by atoms with Crippen molar-refractivity contribution >= 4 is 40.1 Å². The largest absolute Gasteiger partial charge is 0.399 e. The molecule has 150 valence electrons. The number of nitrogen functional groups attached to an aromatic ring is 1. The van der Waals surface area contributed by atoms with Gasteiger partial charge in [-0.05, 0) is 59.7 Å². The molecule has 3 nitrogen and oxygen atoms in total. The van der Waals surface area contributed by atoms with E-state index in [4.69, 9.17) is 17.3 Å². The Bertz CT molecular complexity index is 1160. The van der Waals surface area contributed by atoms with E-state index in [1.54, 1.807) is 36.5 Å². The van der Waals surface area contributed by atoms with Crippen molar-refractivity contribution in [2.45, 2.75) is 6.42 Å². The molecule has 1 heterocycles. The zero-order valence-electron chi connectivity index (χ0n) is 16.1. The number of pyridine rings is 1. The quantitative estimate of drug-likeness (QED) is 0.321. The van der Waals surface area contributed by atoms with Crippen molar-refractivity contribution in [1.29, 1.82) is 0 Å². The average molecular weight is 419 g/mol. The number of rotatable bonds is 4. The summed E-state index contributed by atoms with van der Waals surface area (Å²) >= 11 is 5.78. The highest BCUT2D eigenvalue weighted by atomic mass is 35.5. The fraction of sp³-hybridized carbons (Fsp3) is 0.0400. The Hall–Kier alpha value is -3.50. The molecule has 3 aromatic carbocycles. The van der Waals surface area contributed by atoms with E-state index < -0.39 is 0 Å². The van der Waals surface area contributed by atoms with Crippen molar-refractivity contribution in [3.63, 3.8) is 0 Å². The van der Waals surface area contributed by atoms with Crippen LogP contribution in [0.4, 0.5) is 10.1 Å². The first-order valence-electron chi connectivity index (χ1n) is 9.31. The highest BCUT2D eigenvalue weighted by Gasteiger charge is 2.00. The first kappa shape index (κ1) is 21.2. The van der Waals surface area contributed by atoms with Gasteiger partial charge in [-0.3, -0.25) is 9.78 Å². The number of aromatic nitrogens is 1. The summed E-state index contributed by atoms with van der Waals surface area (Å²) in [7, 11) is 0. The predicted octanol–water partition coefficient (Wildman–Crippen LogP) is 6.12. The number of nitrogens with two attached hydrogens (primary N) is 1. The molecule has 0 saturated carbocycles. The van der Waals surface area contributed by atoms with Crippen LogP contribution in [0.25, 0.3) is 17.0 Å². The van der Waals surface area contributed by atoms with Gasteiger partial charge in [-0.15, -0.1) is 0 Å². The summed E-state index contributed by atoms with van der Waals surface area (Å²) in [5, 5.41) is 1.85. The van der Waals surface area contributed by atoms with Crippen molar-refractivity contribution in [2.75, 3.05) is 5.73 Å². The van der Waals surface area contributed by atoms with E-state index in [1.807, 2.05) is 42.5 Å². The van der Waals surface area contributed by atoms with Gasteiger partial charge in [0.2, 0.25) is 0 Å². The summed E-state index contributed by atoms with van der Waals surface area (Å²) < 4.78 is 12.7. The molecule has 0 bridgehead atoms. The lowest BCUT2D eigenvalue weighted by Crippen LogP contribution is -1.98. The van der Waals surface area contributed by atoms with Crippen molar-refractivity contribution < 1.29 is 9.18 Å². The van der Waals surface area contributed by atoms with Gasteiger partial charge in [0.1, 0.15) is 5.82 Å². The molecule has 0 fully saturated rings. The van der Waals surface area contributed by atoms with Crippen LogP contribution in [0.3, 0.4) is 0 Å². The van der Waals surface area contributed by atoms with Gasteiger partial charge < -0.3 is 5.73 Å². The molecule has 0 spiro atoms. The lowest BCUT2D eigenvalue weighted by molar-refractivity contribution is -0.113. The normalized spacial score (nSPS) is 10.6. The average Bonchev–Trinajstić information content (AvgIpc) is 2.75. The van der Waals surface area contributed by atoms with Gasteiger partial charge in [0.25, 0.3) is 0 Å². The minimum absolute atomic E-state index is 0.00547. The third-order valence-corrected chi connectivity index (χ3v) is 4.49. The van der Waals surface area contributed by atoms with Gasteiger partial charge in [0.15, 0.2) is 5.78 Å². The molecule has 0 amide bonds. The van der Waals surface area contributed by atoms with Crippen molar-refractivity contribution in [3.05, 3.63) is 113 Å². The fourth-order valence-corrected chi connectivity index (χ4v) is 2.86. The maximum Gasteiger partial charge on any atom is 0.160 e. The van der Waals surface area contributed by atoms with Crippen LogP contribution in [0.1, 0.15) is 11.1 Å². The third-order valence-electron chi connectivity index (χ3n) is 4.26. The molecule has 1 aromatic heterocycles. The molecule has 0 unspecified atom stereocenters. The minimum Gasteiger partial charge on any atom is -0.399 e. The Morgan fingerprint density at radius 2 is 1.73 bits per heavy atom. The number of carbonyl (C=O) groups is 1. The Morgan fingerprint density at radius 3 is 2.47 bits per heavy atom. The van der Waals surface area contributed by atoms with E-state index >= 15 is 0 Å². The van der Waals surface area contributed by atoms with E-state index in [2.05, 4.69) is 4.98 Å². The number of halogens is 2. The van der Waals surface area contributed by atoms with E-state index in [1.165, 1.54) is 18.2 Å². The highest BCUT2D eigenvalue weighted by Crippen LogP contribution is 2.16. The Labute approximate surface area is 179 Å². The second-order valence-electron chi connectivity index (χ2n) is 6.61. The molecule has 2 N–H and O–H groups in total. The highest BCUT2D eigenvalue weighted by molar-refractivity contribution is 6.31. The summed E-state index contributed by atoms with van der Waals surface area (Å²) in [6.07, 6.45) is 5.28. The summed E-state index contributed by atoms with van der Waals surface area (Å²) in [4.78, 5) is 15.9. The number of allylic oxidation sites excluding steroid dienone is 1. The maximum absolute atomic E-state index is 12.7. The molecule has 0 aliphatic rings. The number of nitrogens with zero attached hydrogens (tertiary/aromatic N) is 1. The molecular weight excluding hydrogens is 399 g/mol. The van der Waals surface area contributed by atoms with E-state index in [-0.39, 0.29) is 11.6 Å². The summed E-state index contributed by atoms with van der Waals surface area (Å²) in [5.74, 6) is -0.292. The van der Waals surface area contributed by atoms with Gasteiger partial charge in [0.05, 0.1) is 5.52 Å². The number of ketones is 1. The molecule has 0 aliphatic heterocycles. The second kappa shape index (κ2) is 10.3. The molecular formula is C25H20ClFN2O. The zero-order valence-corrected chi connectivity index (χ0v) is 16.9. The van der Waals surface area contributed by atoms with Crippen molar-refractivity contribution in [3.8, 4) is 0 Å². The third kappa shape index (κ3) is 6.54. The van der Waals surface area contributed by atoms with Crippen LogP contribution in [-0.4, -0.2) is 10.8 Å². The molecule has 0 saturated heterocycles. The Balaban J connectivity index is 0.000000196. The zero-order chi connectivity index (χ0) is 21.3. The molecule has 30 heavy (non-hydrogen) atoms. The Morgan fingerprint density at radius 1 is 1.00 bits per heavy atom. The number of hydrogen-bond acceptors (Lipinski definition) is 3. The molecule has 5 heteroatoms. The van der Waals surface area contributed by atoms with E-state index in [0.29, 0.717) is 12.1 Å². The van der Waals surface area contributed by atoms with Crippen LogP contribution in [0.2, 0.25) is 5.02 Å². The molecule has 4 rings (SSSR count). The van der Waals surface area contributed by atoms with Gasteiger partial charge in [0, 0.05) is 28.7 Å². The SMILES string of the molecule is Clc1ccc2cccnc2c1.Nc1ccc(CC(=O)/C=C/c2ccc(F)cc2)cc1. The lowest BCUT2D eigenvalue weighted by atomic mass is 10.1. The number of carbonyl (C=O) groups excluding carboxylic acids is 1. The van der Waals surface area contributed by atoms with Crippen LogP contribution >= 0.6 is 11.6 Å². The van der Waals surface area contributed by atoms with Crippen LogP contribution in [-0.2, 0) is 11.2 Å². The van der Waals surface area contributed by atoms with Gasteiger partial charge >= 0.3 is 0 Å². The first-order chi connectivity index (χ1) is 14.5. The molecule has 0 aliphatic carbocycles. The summed E-state index contributed by atoms with van der Waals surface area (Å²) in [6, 6.07) is 22.8. The lowest BCUT2D eigenvalue weighted by Gasteiger charge is -1.98. The standard InChI is InChI=1S/C16H14FNO.C9H6ClN/c17-14-6-1-12(2-7-14)5-10-16(19)11-13-3-8-15(18)9-4-13;10-8-4-3-7-2-1-5-11-9(7)6-8/h1-10H,11,18H2;1-6H/b10-5+;. The second-order valence-corrected chi connectivity index (χ2v) is 7.05. The van der Waals surface area contributed by atoms with Crippen molar-refractivity contribution in [1.82, 2.24) is 4.98 Å². The summed E-state index contributed by atoms with van der Waals surface area (Å²) in [5.41, 5.74) is 8.92. The van der Waals surface area contributed by atoms with Crippen LogP contribution in [0.5, 0.6) is 0 Å². The van der Waals surface area contributed by atoms with Crippen LogP contribution < -0.4 is 5.73 Å². The van der Waals surface area contributed by atoms with Gasteiger partial charge in [-0.25, -0.2) is 4.39 Å². The topological polar surface area (TPSA) is 56.0 Å². The number of fused-ring (bicyclic) bond motifs is 1. The number of benzene rings is 3. The maximum atomic E-state index is 12.7. The van der Waals surface area contributed by atoms with Gasteiger partial charge in [-0.2, -0.15) is 0 Å². The smallest absolute Gasteiger partial charge is 0.160 e. The van der Waals surface area contributed by atoms with E-state index in [9.17, 15) is 9.18 Å². The molecule has 0 radical (unpaired) electrons. The monoisotopic (exact) mass is 418 g/mol. The molecule has 0 atom stereocenters. The summed E-state index contributed by atoms with van der Waals surface area (Å²) in [6.45, 7) is 0. The minimum atomic E-state index is -0.287. The first-order valence-corrected chi connectivity index (χ1v) is 9.68. The number of hydrogen-bond donors (Lipinski definition) is 1. The fourth-order valence-electron chi connectivity index (χ4n) is 2.70. The molecule has 4 aromatic rings. The van der Waals surface area contributed by atoms with Crippen LogP contribution in [0.15, 0.2) is 91.1 Å². The Kier molecular flexibility index (Phi) is 7.30. The van der Waals surface area contributed by atoms with Gasteiger partial charge in [-0.1, -0.05) is 54.1 Å².